The molecular weight excluding hydrogens is 324 g/mol. The summed E-state index contributed by atoms with van der Waals surface area (Å²) in [5.41, 5.74) is 6.42. The van der Waals surface area contributed by atoms with E-state index in [4.69, 9.17) is 4.98 Å². The molecule has 1 aromatic carbocycles. The Morgan fingerprint density at radius 1 is 1.23 bits per heavy atom. The van der Waals surface area contributed by atoms with Crippen LogP contribution in [0.25, 0.3) is 11.4 Å². The lowest BCUT2D eigenvalue weighted by Gasteiger charge is -2.28. The molecule has 0 radical (unpaired) electrons. The number of fused-ring (bicyclic) bond motifs is 1. The molecule has 3 aromatic rings. The van der Waals surface area contributed by atoms with Gasteiger partial charge in [0.1, 0.15) is 5.82 Å². The number of hydrogen-bond acceptors (Lipinski definition) is 4. The van der Waals surface area contributed by atoms with E-state index >= 15 is 0 Å². The molecule has 0 fully saturated rings. The number of H-pyrrole nitrogens is 1. The maximum atomic E-state index is 12.5. The molecule has 0 aliphatic carbocycles. The van der Waals surface area contributed by atoms with Crippen molar-refractivity contribution in [1.29, 1.82) is 0 Å². The van der Waals surface area contributed by atoms with Crippen molar-refractivity contribution < 1.29 is 0 Å². The van der Waals surface area contributed by atoms with Crippen molar-refractivity contribution in [2.45, 2.75) is 33.4 Å². The van der Waals surface area contributed by atoms with Crippen molar-refractivity contribution in [3.05, 3.63) is 81.0 Å². The highest BCUT2D eigenvalue weighted by Crippen LogP contribution is 2.21. The highest BCUT2D eigenvalue weighted by atomic mass is 16.1. The second-order valence-electron chi connectivity index (χ2n) is 6.97. The zero-order valence-corrected chi connectivity index (χ0v) is 15.1. The Morgan fingerprint density at radius 2 is 2.12 bits per heavy atom. The number of benzene rings is 1. The van der Waals surface area contributed by atoms with Gasteiger partial charge in [-0.25, -0.2) is 4.98 Å². The van der Waals surface area contributed by atoms with Crippen molar-refractivity contribution in [2.24, 2.45) is 0 Å². The second-order valence-corrected chi connectivity index (χ2v) is 6.97. The molecule has 1 aliphatic rings. The number of rotatable bonds is 3. The van der Waals surface area contributed by atoms with Gasteiger partial charge in [-0.2, -0.15) is 0 Å². The Kier molecular flexibility index (Phi) is 4.39. The van der Waals surface area contributed by atoms with Gasteiger partial charge in [0.2, 0.25) is 0 Å². The van der Waals surface area contributed by atoms with Gasteiger partial charge in [0, 0.05) is 43.2 Å². The molecule has 0 amide bonds. The predicted molar refractivity (Wildman–Crippen MR) is 102 cm³/mol. The lowest BCUT2D eigenvalue weighted by molar-refractivity contribution is 0.240. The molecule has 1 aliphatic heterocycles. The van der Waals surface area contributed by atoms with E-state index in [1.54, 1.807) is 12.4 Å². The van der Waals surface area contributed by atoms with Crippen molar-refractivity contribution in [1.82, 2.24) is 19.9 Å². The van der Waals surface area contributed by atoms with E-state index < -0.39 is 0 Å². The SMILES string of the molecule is Cc1ccc(CN2CCc3c(nc(-c4cccnc4)[nH]c3=O)C2)c(C)c1. The highest BCUT2D eigenvalue weighted by molar-refractivity contribution is 5.53. The Labute approximate surface area is 152 Å². The van der Waals surface area contributed by atoms with Crippen LogP contribution in [-0.2, 0) is 19.5 Å². The van der Waals surface area contributed by atoms with Gasteiger partial charge < -0.3 is 4.98 Å². The molecule has 1 N–H and O–H groups in total. The molecule has 0 atom stereocenters. The zero-order valence-electron chi connectivity index (χ0n) is 15.1. The molecule has 0 bridgehead atoms. The number of aromatic amines is 1. The summed E-state index contributed by atoms with van der Waals surface area (Å²) in [5.74, 6) is 0.593. The lowest BCUT2D eigenvalue weighted by Crippen LogP contribution is -2.35. The van der Waals surface area contributed by atoms with Crippen molar-refractivity contribution in [3.8, 4) is 11.4 Å². The predicted octanol–water partition coefficient (Wildman–Crippen LogP) is 3.01. The van der Waals surface area contributed by atoms with Gasteiger partial charge >= 0.3 is 0 Å². The van der Waals surface area contributed by atoms with Crippen LogP contribution in [0.4, 0.5) is 0 Å². The van der Waals surface area contributed by atoms with Crippen molar-refractivity contribution in [2.75, 3.05) is 6.54 Å². The van der Waals surface area contributed by atoms with Gasteiger partial charge in [-0.3, -0.25) is 14.7 Å². The summed E-state index contributed by atoms with van der Waals surface area (Å²) in [5, 5.41) is 0. The molecule has 0 spiro atoms. The minimum absolute atomic E-state index is 0.0278. The lowest BCUT2D eigenvalue weighted by atomic mass is 10.0. The van der Waals surface area contributed by atoms with E-state index in [1.165, 1.54) is 16.7 Å². The average Bonchev–Trinajstić information content (AvgIpc) is 2.64. The maximum Gasteiger partial charge on any atom is 0.254 e. The van der Waals surface area contributed by atoms with E-state index in [2.05, 4.69) is 46.9 Å². The van der Waals surface area contributed by atoms with Gasteiger partial charge in [0.25, 0.3) is 5.56 Å². The summed E-state index contributed by atoms with van der Waals surface area (Å²) in [6.45, 7) is 6.72. The number of nitrogens with zero attached hydrogens (tertiary/aromatic N) is 3. The van der Waals surface area contributed by atoms with Gasteiger partial charge in [0.15, 0.2) is 0 Å². The largest absolute Gasteiger partial charge is 0.306 e. The fourth-order valence-corrected chi connectivity index (χ4v) is 3.53. The van der Waals surface area contributed by atoms with Crippen LogP contribution in [0.15, 0.2) is 47.5 Å². The zero-order chi connectivity index (χ0) is 18.1. The van der Waals surface area contributed by atoms with Gasteiger partial charge in [0.05, 0.1) is 5.69 Å². The number of aryl methyl sites for hydroxylation is 2. The molecule has 2 aromatic heterocycles. The fraction of sp³-hybridized carbons (Fsp3) is 0.286. The van der Waals surface area contributed by atoms with Crippen LogP contribution in [0.2, 0.25) is 0 Å². The summed E-state index contributed by atoms with van der Waals surface area (Å²) in [7, 11) is 0. The smallest absolute Gasteiger partial charge is 0.254 e. The van der Waals surface area contributed by atoms with Crippen LogP contribution in [0.3, 0.4) is 0 Å². The summed E-state index contributed by atoms with van der Waals surface area (Å²) in [6, 6.07) is 10.3. The molecule has 132 valence electrons. The Bertz CT molecular complexity index is 995. The molecule has 5 heteroatoms. The van der Waals surface area contributed by atoms with Crippen molar-refractivity contribution >= 4 is 0 Å². The van der Waals surface area contributed by atoms with Crippen LogP contribution >= 0.6 is 0 Å². The fourth-order valence-electron chi connectivity index (χ4n) is 3.53. The second kappa shape index (κ2) is 6.84. The quantitative estimate of drug-likeness (QED) is 0.792. The Hall–Kier alpha value is -2.79. The van der Waals surface area contributed by atoms with Gasteiger partial charge in [-0.15, -0.1) is 0 Å². The van der Waals surface area contributed by atoms with Crippen LogP contribution in [0.5, 0.6) is 0 Å². The van der Waals surface area contributed by atoms with E-state index in [1.807, 2.05) is 12.1 Å². The summed E-state index contributed by atoms with van der Waals surface area (Å²) >= 11 is 0. The molecule has 0 saturated heterocycles. The van der Waals surface area contributed by atoms with Crippen LogP contribution in [0, 0.1) is 13.8 Å². The molecule has 0 unspecified atom stereocenters. The maximum absolute atomic E-state index is 12.5. The monoisotopic (exact) mass is 346 g/mol. The molecule has 26 heavy (non-hydrogen) atoms. The van der Waals surface area contributed by atoms with E-state index in [0.29, 0.717) is 12.4 Å². The normalized spacial score (nSPS) is 14.2. The average molecular weight is 346 g/mol. The topological polar surface area (TPSA) is 61.9 Å². The van der Waals surface area contributed by atoms with Gasteiger partial charge in [-0.1, -0.05) is 23.8 Å². The van der Waals surface area contributed by atoms with E-state index in [9.17, 15) is 4.79 Å². The standard InChI is InChI=1S/C21H22N4O/c1-14-5-6-17(15(2)10-14)12-25-9-7-18-19(13-25)23-20(24-21(18)26)16-4-3-8-22-11-16/h3-6,8,10-11H,7,9,12-13H2,1-2H3,(H,23,24,26). The molecule has 0 saturated carbocycles. The first-order valence-corrected chi connectivity index (χ1v) is 8.91. The molecule has 5 nitrogen and oxygen atoms in total. The molecule has 4 rings (SSSR count). The minimum Gasteiger partial charge on any atom is -0.306 e. The third-order valence-electron chi connectivity index (χ3n) is 4.98. The first-order chi connectivity index (χ1) is 12.6. The van der Waals surface area contributed by atoms with E-state index in [-0.39, 0.29) is 5.56 Å². The van der Waals surface area contributed by atoms with Crippen LogP contribution in [0.1, 0.15) is 27.9 Å². The number of pyridine rings is 1. The third kappa shape index (κ3) is 3.30. The summed E-state index contributed by atoms with van der Waals surface area (Å²) < 4.78 is 0. The summed E-state index contributed by atoms with van der Waals surface area (Å²) in [6.07, 6.45) is 4.17. The van der Waals surface area contributed by atoms with Crippen molar-refractivity contribution in [3.63, 3.8) is 0 Å². The third-order valence-corrected chi connectivity index (χ3v) is 4.98. The van der Waals surface area contributed by atoms with E-state index in [0.717, 1.165) is 36.3 Å². The van der Waals surface area contributed by atoms with Crippen LogP contribution in [-0.4, -0.2) is 26.4 Å². The Balaban J connectivity index is 1.61. The molecular formula is C21H22N4O. The molecule has 3 heterocycles. The minimum atomic E-state index is -0.0278. The number of aromatic nitrogens is 3. The first-order valence-electron chi connectivity index (χ1n) is 8.91. The first kappa shape index (κ1) is 16.7. The van der Waals surface area contributed by atoms with Crippen LogP contribution < -0.4 is 5.56 Å². The Morgan fingerprint density at radius 3 is 2.88 bits per heavy atom. The summed E-state index contributed by atoms with van der Waals surface area (Å²) in [4.78, 5) is 26.6. The highest BCUT2D eigenvalue weighted by Gasteiger charge is 2.21. The number of nitrogens with one attached hydrogen (secondary N) is 1. The van der Waals surface area contributed by atoms with Gasteiger partial charge in [-0.05, 0) is 43.5 Å². The number of hydrogen-bond donors (Lipinski definition) is 1.